The highest BCUT2D eigenvalue weighted by molar-refractivity contribution is 14.0. The maximum Gasteiger partial charge on any atom is 0.191 e. The fourth-order valence-electron chi connectivity index (χ4n) is 4.27. The van der Waals surface area contributed by atoms with Crippen LogP contribution >= 0.6 is 35.3 Å². The number of hydrogen-bond donors (Lipinski definition) is 2. The van der Waals surface area contributed by atoms with Gasteiger partial charge in [-0.1, -0.05) is 13.0 Å². The first-order valence-electron chi connectivity index (χ1n) is 10.8. The Balaban J connectivity index is 0.00000280. The maximum atomic E-state index is 4.91. The van der Waals surface area contributed by atoms with Crippen LogP contribution in [0.2, 0.25) is 0 Å². The molecule has 2 saturated heterocycles. The van der Waals surface area contributed by atoms with Crippen LogP contribution in [0.1, 0.15) is 44.4 Å². The van der Waals surface area contributed by atoms with Crippen LogP contribution in [0.4, 0.5) is 0 Å². The molecule has 0 bridgehead atoms. The summed E-state index contributed by atoms with van der Waals surface area (Å²) in [6, 6.07) is 5.07. The number of rotatable bonds is 8. The average molecular weight is 520 g/mol. The lowest BCUT2D eigenvalue weighted by molar-refractivity contribution is 0.182. The van der Waals surface area contributed by atoms with Crippen LogP contribution in [0.15, 0.2) is 22.5 Å². The lowest BCUT2D eigenvalue weighted by Gasteiger charge is -2.31. The molecular weight excluding hydrogens is 481 g/mol. The molecule has 0 saturated carbocycles. The van der Waals surface area contributed by atoms with E-state index in [4.69, 9.17) is 4.99 Å². The van der Waals surface area contributed by atoms with Gasteiger partial charge in [-0.25, -0.2) is 0 Å². The Morgan fingerprint density at radius 1 is 1.18 bits per heavy atom. The number of aliphatic imine (C=N–C) groups is 1. The van der Waals surface area contributed by atoms with Crippen LogP contribution in [-0.4, -0.2) is 67.6 Å². The third-order valence-corrected chi connectivity index (χ3v) is 6.79. The Labute approximate surface area is 192 Å². The monoisotopic (exact) mass is 519 g/mol. The minimum atomic E-state index is 0. The highest BCUT2D eigenvalue weighted by Gasteiger charge is 2.23. The molecule has 2 N–H and O–H groups in total. The predicted octanol–water partition coefficient (Wildman–Crippen LogP) is 3.62. The summed E-state index contributed by atoms with van der Waals surface area (Å²) >= 11 is 1.87. The van der Waals surface area contributed by atoms with Crippen molar-refractivity contribution in [3.63, 3.8) is 0 Å². The van der Waals surface area contributed by atoms with E-state index in [9.17, 15) is 0 Å². The highest BCUT2D eigenvalue weighted by atomic mass is 127. The molecule has 0 spiro atoms. The first kappa shape index (κ1) is 23.9. The standard InChI is InChI=1S/C21H37N5S.HI/c1-3-22-21(24-16-19-7-5-11-26(19)4-2)23-15-18-9-12-25(13-10-18)17-20-8-6-14-27-20;/h6,8,14,18-19H,3-5,7,9-13,15-17H2,1-2H3,(H2,22,23,24);1H. The third-order valence-electron chi connectivity index (χ3n) is 5.93. The molecule has 5 nitrogen and oxygen atoms in total. The van der Waals surface area contributed by atoms with Crippen molar-refractivity contribution in [1.82, 2.24) is 20.4 Å². The molecule has 1 atom stereocenters. The van der Waals surface area contributed by atoms with Gasteiger partial charge in [0.2, 0.25) is 0 Å². The van der Waals surface area contributed by atoms with Gasteiger partial charge in [-0.15, -0.1) is 35.3 Å². The van der Waals surface area contributed by atoms with E-state index in [-0.39, 0.29) is 24.0 Å². The summed E-state index contributed by atoms with van der Waals surface area (Å²) in [5, 5.41) is 9.20. The third kappa shape index (κ3) is 7.46. The highest BCUT2D eigenvalue weighted by Crippen LogP contribution is 2.21. The van der Waals surface area contributed by atoms with Gasteiger partial charge in [0.1, 0.15) is 0 Å². The number of halogens is 1. The number of nitrogens with zero attached hydrogens (tertiary/aromatic N) is 3. The summed E-state index contributed by atoms with van der Waals surface area (Å²) in [5.41, 5.74) is 0. The SMILES string of the molecule is CCNC(=NCC1CCN(Cc2cccs2)CC1)NCC1CCCN1CC.I. The molecule has 1 aromatic rings. The van der Waals surface area contributed by atoms with Crippen LogP contribution in [0.5, 0.6) is 0 Å². The van der Waals surface area contributed by atoms with E-state index in [2.05, 4.69) is 51.8 Å². The van der Waals surface area contributed by atoms with Crippen molar-refractivity contribution in [2.24, 2.45) is 10.9 Å². The molecule has 7 heteroatoms. The summed E-state index contributed by atoms with van der Waals surface area (Å²) in [6.07, 6.45) is 5.17. The van der Waals surface area contributed by atoms with Gasteiger partial charge in [-0.3, -0.25) is 14.8 Å². The summed E-state index contributed by atoms with van der Waals surface area (Å²) in [4.78, 5) is 11.6. The number of nitrogens with one attached hydrogen (secondary N) is 2. The Hall–Kier alpha value is -0.380. The Bertz CT molecular complexity index is 557. The number of guanidine groups is 1. The number of hydrogen-bond acceptors (Lipinski definition) is 4. The van der Waals surface area contributed by atoms with Gasteiger partial charge in [0.15, 0.2) is 5.96 Å². The van der Waals surface area contributed by atoms with Crippen molar-refractivity contribution in [2.45, 2.75) is 52.1 Å². The minimum absolute atomic E-state index is 0. The summed E-state index contributed by atoms with van der Waals surface area (Å²) in [6.45, 7) is 13.2. The molecule has 28 heavy (non-hydrogen) atoms. The fraction of sp³-hybridized carbons (Fsp3) is 0.762. The number of thiophene rings is 1. The van der Waals surface area contributed by atoms with Crippen molar-refractivity contribution >= 4 is 41.3 Å². The van der Waals surface area contributed by atoms with Gasteiger partial charge < -0.3 is 10.6 Å². The van der Waals surface area contributed by atoms with Crippen LogP contribution in [0.3, 0.4) is 0 Å². The molecule has 1 aromatic heterocycles. The van der Waals surface area contributed by atoms with E-state index in [1.165, 1.54) is 50.2 Å². The lowest BCUT2D eigenvalue weighted by Crippen LogP contribution is -2.45. The van der Waals surface area contributed by atoms with Gasteiger partial charge in [-0.2, -0.15) is 0 Å². The predicted molar refractivity (Wildman–Crippen MR) is 132 cm³/mol. The Morgan fingerprint density at radius 3 is 2.68 bits per heavy atom. The second-order valence-corrected chi connectivity index (χ2v) is 8.86. The van der Waals surface area contributed by atoms with Gasteiger partial charge in [-0.05, 0) is 76.2 Å². The zero-order chi connectivity index (χ0) is 18.9. The molecule has 0 amide bonds. The normalized spacial score (nSPS) is 22.2. The van der Waals surface area contributed by atoms with E-state index in [0.29, 0.717) is 6.04 Å². The fourth-order valence-corrected chi connectivity index (χ4v) is 5.02. The first-order chi connectivity index (χ1) is 13.3. The second-order valence-electron chi connectivity index (χ2n) is 7.82. The smallest absolute Gasteiger partial charge is 0.191 e. The zero-order valence-electron chi connectivity index (χ0n) is 17.5. The average Bonchev–Trinajstić information content (AvgIpc) is 3.36. The van der Waals surface area contributed by atoms with E-state index in [0.717, 1.165) is 44.6 Å². The molecule has 2 aliphatic rings. The number of piperidine rings is 1. The van der Waals surface area contributed by atoms with Crippen molar-refractivity contribution in [3.05, 3.63) is 22.4 Å². The largest absolute Gasteiger partial charge is 0.357 e. The summed E-state index contributed by atoms with van der Waals surface area (Å²) < 4.78 is 0. The number of likely N-dealkylation sites (N-methyl/N-ethyl adjacent to an activating group) is 1. The van der Waals surface area contributed by atoms with Crippen molar-refractivity contribution in [3.8, 4) is 0 Å². The van der Waals surface area contributed by atoms with Crippen molar-refractivity contribution in [2.75, 3.05) is 45.8 Å². The first-order valence-corrected chi connectivity index (χ1v) is 11.7. The molecule has 0 radical (unpaired) electrons. The van der Waals surface area contributed by atoms with Crippen molar-refractivity contribution in [1.29, 1.82) is 0 Å². The van der Waals surface area contributed by atoms with Crippen LogP contribution in [-0.2, 0) is 6.54 Å². The van der Waals surface area contributed by atoms with Crippen molar-refractivity contribution < 1.29 is 0 Å². The van der Waals surface area contributed by atoms with Gasteiger partial charge in [0.05, 0.1) is 0 Å². The van der Waals surface area contributed by atoms with Crippen LogP contribution in [0, 0.1) is 5.92 Å². The van der Waals surface area contributed by atoms with Crippen LogP contribution < -0.4 is 10.6 Å². The molecule has 0 aromatic carbocycles. The molecule has 0 aliphatic carbocycles. The van der Waals surface area contributed by atoms with E-state index < -0.39 is 0 Å². The molecule has 2 aliphatic heterocycles. The van der Waals surface area contributed by atoms with Crippen LogP contribution in [0.25, 0.3) is 0 Å². The lowest BCUT2D eigenvalue weighted by atomic mass is 9.97. The van der Waals surface area contributed by atoms with E-state index in [1.54, 1.807) is 0 Å². The minimum Gasteiger partial charge on any atom is -0.357 e. The van der Waals surface area contributed by atoms with E-state index in [1.807, 2.05) is 11.3 Å². The molecule has 3 heterocycles. The molecular formula is C21H38IN5S. The topological polar surface area (TPSA) is 42.9 Å². The number of likely N-dealkylation sites (tertiary alicyclic amines) is 2. The molecule has 160 valence electrons. The maximum absolute atomic E-state index is 4.91. The summed E-state index contributed by atoms with van der Waals surface area (Å²) in [5.74, 6) is 1.72. The second kappa shape index (κ2) is 13.0. The molecule has 1 unspecified atom stereocenters. The van der Waals surface area contributed by atoms with E-state index >= 15 is 0 Å². The quantitative estimate of drug-likeness (QED) is 0.313. The Morgan fingerprint density at radius 2 is 2.00 bits per heavy atom. The van der Waals surface area contributed by atoms with Gasteiger partial charge in [0, 0.05) is 37.1 Å². The van der Waals surface area contributed by atoms with Gasteiger partial charge in [0.25, 0.3) is 0 Å². The van der Waals surface area contributed by atoms with Gasteiger partial charge >= 0.3 is 0 Å². The molecule has 2 fully saturated rings. The molecule has 3 rings (SSSR count). The Kier molecular flexibility index (Phi) is 11.1. The summed E-state index contributed by atoms with van der Waals surface area (Å²) in [7, 11) is 0. The zero-order valence-corrected chi connectivity index (χ0v) is 20.7.